The molecule has 0 radical (unpaired) electrons. The van der Waals surface area contributed by atoms with Crippen molar-refractivity contribution in [2.75, 3.05) is 0 Å². The average Bonchev–Trinajstić information content (AvgIpc) is 3.40. The first kappa shape index (κ1) is 33.1. The lowest BCUT2D eigenvalue weighted by atomic mass is 9.76. The highest BCUT2D eigenvalue weighted by molar-refractivity contribution is 6.61. The van der Waals surface area contributed by atoms with Gasteiger partial charge >= 0.3 is 13.1 Å². The van der Waals surface area contributed by atoms with Crippen LogP contribution in [0.2, 0.25) is 0 Å². The minimum atomic E-state index is -0.892. The smallest absolute Gasteiger partial charge is 0.460 e. The number of hydrogen-bond donors (Lipinski definition) is 0. The minimum absolute atomic E-state index is 0.0301. The van der Waals surface area contributed by atoms with E-state index in [1.165, 1.54) is 24.3 Å². The number of carbonyl (C=O) groups is 1. The van der Waals surface area contributed by atoms with Gasteiger partial charge in [-0.1, -0.05) is 56.3 Å². The molecule has 0 bridgehead atoms. The molecule has 240 valence electrons. The van der Waals surface area contributed by atoms with Crippen molar-refractivity contribution in [2.45, 2.75) is 84.2 Å². The molecule has 2 heterocycles. The number of nitro benzene ring substituents is 1. The van der Waals surface area contributed by atoms with Gasteiger partial charge in [-0.2, -0.15) is 0 Å². The SMILES string of the molecule is CC(C)c1cc(-c2ccccc2)c(-c2ccc(F)cc2)n1CCC1CC(CC(=O)OC(C)(C)C)OB(c2cccc([N+](=O)[O-])c2)O1. The van der Waals surface area contributed by atoms with E-state index in [4.69, 9.17) is 14.0 Å². The number of benzene rings is 3. The van der Waals surface area contributed by atoms with Crippen molar-refractivity contribution in [3.05, 3.63) is 107 Å². The number of rotatable bonds is 10. The molecule has 0 N–H and O–H groups in total. The molecule has 0 saturated carbocycles. The van der Waals surface area contributed by atoms with Gasteiger partial charge in [-0.05, 0) is 86.5 Å². The summed E-state index contributed by atoms with van der Waals surface area (Å²) in [7, 11) is -0.892. The second-order valence-corrected chi connectivity index (χ2v) is 13.0. The summed E-state index contributed by atoms with van der Waals surface area (Å²) in [5.41, 5.74) is 4.94. The fraction of sp³-hybridized carbons (Fsp3) is 0.361. The molecule has 2 unspecified atom stereocenters. The summed E-state index contributed by atoms with van der Waals surface area (Å²) >= 11 is 0. The fourth-order valence-corrected chi connectivity index (χ4v) is 5.93. The maximum atomic E-state index is 14.0. The van der Waals surface area contributed by atoms with Crippen LogP contribution in [0.5, 0.6) is 0 Å². The van der Waals surface area contributed by atoms with Crippen LogP contribution in [0.25, 0.3) is 22.4 Å². The zero-order valence-corrected chi connectivity index (χ0v) is 26.9. The molecule has 4 aromatic rings. The molecule has 0 amide bonds. The summed E-state index contributed by atoms with van der Waals surface area (Å²) in [5.74, 6) is -0.481. The molecule has 2 atom stereocenters. The highest BCUT2D eigenvalue weighted by atomic mass is 19.1. The van der Waals surface area contributed by atoms with Crippen LogP contribution in [-0.2, 0) is 25.4 Å². The van der Waals surface area contributed by atoms with Gasteiger partial charge in [0, 0.05) is 36.0 Å². The number of non-ortho nitro benzene ring substituents is 1. The largest absolute Gasteiger partial charge is 0.494 e. The van der Waals surface area contributed by atoms with Crippen molar-refractivity contribution >= 4 is 24.2 Å². The summed E-state index contributed by atoms with van der Waals surface area (Å²) in [5, 5.41) is 11.5. The monoisotopic (exact) mass is 626 g/mol. The Hall–Kier alpha value is -4.28. The zero-order chi connectivity index (χ0) is 33.0. The Kier molecular flexibility index (Phi) is 10.1. The number of carbonyl (C=O) groups excluding carboxylic acids is 1. The topological polar surface area (TPSA) is 92.8 Å². The Balaban J connectivity index is 1.48. The Morgan fingerprint density at radius 2 is 1.70 bits per heavy atom. The number of aromatic nitrogens is 1. The van der Waals surface area contributed by atoms with E-state index in [1.807, 2.05) is 39.0 Å². The lowest BCUT2D eigenvalue weighted by Gasteiger charge is -2.35. The summed E-state index contributed by atoms with van der Waals surface area (Å²) in [6.45, 7) is 10.3. The van der Waals surface area contributed by atoms with E-state index in [0.29, 0.717) is 24.8 Å². The summed E-state index contributed by atoms with van der Waals surface area (Å²) in [6.07, 6.45) is 0.219. The predicted molar refractivity (Wildman–Crippen MR) is 177 cm³/mol. The quantitative estimate of drug-likeness (QED) is 0.0776. The fourth-order valence-electron chi connectivity index (χ4n) is 5.93. The summed E-state index contributed by atoms with van der Waals surface area (Å²) in [4.78, 5) is 23.9. The number of nitro groups is 1. The van der Waals surface area contributed by atoms with Crippen LogP contribution in [0.3, 0.4) is 0 Å². The number of hydrogen-bond acceptors (Lipinski definition) is 6. The number of nitrogens with zero attached hydrogens (tertiary/aromatic N) is 2. The Labute approximate surface area is 269 Å². The van der Waals surface area contributed by atoms with Crippen molar-refractivity contribution in [3.63, 3.8) is 0 Å². The third kappa shape index (κ3) is 8.11. The number of ether oxygens (including phenoxy) is 1. The van der Waals surface area contributed by atoms with Gasteiger partial charge in [-0.15, -0.1) is 0 Å². The third-order valence-corrected chi connectivity index (χ3v) is 7.92. The second kappa shape index (κ2) is 14.0. The van der Waals surface area contributed by atoms with Crippen molar-refractivity contribution < 1.29 is 28.2 Å². The van der Waals surface area contributed by atoms with Gasteiger partial charge in [-0.3, -0.25) is 14.9 Å². The molecule has 3 aromatic carbocycles. The predicted octanol–water partition coefficient (Wildman–Crippen LogP) is 7.68. The van der Waals surface area contributed by atoms with Gasteiger partial charge in [0.2, 0.25) is 0 Å². The molecule has 0 aliphatic carbocycles. The van der Waals surface area contributed by atoms with Gasteiger partial charge in [0.1, 0.15) is 11.4 Å². The van der Waals surface area contributed by atoms with Crippen LogP contribution in [0.15, 0.2) is 84.9 Å². The van der Waals surface area contributed by atoms with Gasteiger partial charge in [-0.25, -0.2) is 4.39 Å². The van der Waals surface area contributed by atoms with Gasteiger partial charge in [0.05, 0.1) is 23.1 Å². The van der Waals surface area contributed by atoms with E-state index in [1.54, 1.807) is 24.3 Å². The first-order valence-corrected chi connectivity index (χ1v) is 15.7. The first-order chi connectivity index (χ1) is 21.9. The number of halogens is 1. The van der Waals surface area contributed by atoms with Crippen molar-refractivity contribution in [1.29, 1.82) is 0 Å². The van der Waals surface area contributed by atoms with E-state index in [-0.39, 0.29) is 35.9 Å². The first-order valence-electron chi connectivity index (χ1n) is 15.7. The second-order valence-electron chi connectivity index (χ2n) is 13.0. The molecular weight excluding hydrogens is 586 g/mol. The molecule has 0 spiro atoms. The summed E-state index contributed by atoms with van der Waals surface area (Å²) in [6, 6.07) is 25.1. The molecule has 8 nitrogen and oxygen atoms in total. The number of esters is 1. The molecule has 1 aliphatic heterocycles. The van der Waals surface area contributed by atoms with E-state index in [2.05, 4.69) is 36.6 Å². The molecule has 10 heteroatoms. The standard InChI is InChI=1S/C36H40BFN2O6/c1-24(2)33-23-32(25-10-7-6-8-11-25)35(26-14-16-28(38)17-15-26)39(33)19-18-30-21-31(22-34(41)44-36(3,4)5)46-37(45-30)27-12-9-13-29(20-27)40(42)43/h6-17,20,23-24,30-31H,18-19,21-22H2,1-5H3. The van der Waals surface area contributed by atoms with Crippen LogP contribution in [0.4, 0.5) is 10.1 Å². The van der Waals surface area contributed by atoms with Crippen LogP contribution >= 0.6 is 0 Å². The van der Waals surface area contributed by atoms with Crippen LogP contribution in [-0.4, -0.2) is 40.4 Å². The highest BCUT2D eigenvalue weighted by Gasteiger charge is 2.38. The molecular formula is C36H40BFN2O6. The van der Waals surface area contributed by atoms with Gasteiger partial charge < -0.3 is 18.6 Å². The highest BCUT2D eigenvalue weighted by Crippen LogP contribution is 2.38. The Morgan fingerprint density at radius 3 is 2.35 bits per heavy atom. The van der Waals surface area contributed by atoms with Crippen LogP contribution in [0.1, 0.15) is 65.5 Å². The lowest BCUT2D eigenvalue weighted by Crippen LogP contribution is -2.49. The maximum Gasteiger partial charge on any atom is 0.494 e. The average molecular weight is 627 g/mol. The Bertz CT molecular complexity index is 1670. The summed E-state index contributed by atoms with van der Waals surface area (Å²) < 4.78 is 34.5. The van der Waals surface area contributed by atoms with E-state index >= 15 is 0 Å². The van der Waals surface area contributed by atoms with Gasteiger partial charge in [0.15, 0.2) is 0 Å². The van der Waals surface area contributed by atoms with Crippen molar-refractivity contribution in [2.24, 2.45) is 0 Å². The van der Waals surface area contributed by atoms with E-state index in [9.17, 15) is 19.3 Å². The zero-order valence-electron chi connectivity index (χ0n) is 26.9. The van der Waals surface area contributed by atoms with Crippen molar-refractivity contribution in [1.82, 2.24) is 4.57 Å². The molecule has 46 heavy (non-hydrogen) atoms. The van der Waals surface area contributed by atoms with E-state index in [0.717, 1.165) is 28.1 Å². The molecule has 5 rings (SSSR count). The van der Waals surface area contributed by atoms with Gasteiger partial charge in [0.25, 0.3) is 5.69 Å². The normalized spacial score (nSPS) is 16.9. The van der Waals surface area contributed by atoms with Crippen molar-refractivity contribution in [3.8, 4) is 22.4 Å². The molecule has 1 aliphatic rings. The third-order valence-electron chi connectivity index (χ3n) is 7.92. The van der Waals surface area contributed by atoms with Crippen LogP contribution in [0, 0.1) is 15.9 Å². The molecule has 1 saturated heterocycles. The Morgan fingerprint density at radius 1 is 1.00 bits per heavy atom. The molecule has 1 aromatic heterocycles. The lowest BCUT2D eigenvalue weighted by molar-refractivity contribution is -0.384. The molecule has 1 fully saturated rings. The maximum absolute atomic E-state index is 14.0. The van der Waals surface area contributed by atoms with E-state index < -0.39 is 23.7 Å². The minimum Gasteiger partial charge on any atom is -0.460 e. The van der Waals surface area contributed by atoms with Crippen LogP contribution < -0.4 is 5.46 Å².